The monoisotopic (exact) mass is 399 g/mol. The lowest BCUT2D eigenvalue weighted by atomic mass is 10.0. The lowest BCUT2D eigenvalue weighted by Gasteiger charge is -2.34. The van der Waals surface area contributed by atoms with Crippen LogP contribution in [-0.2, 0) is 11.2 Å². The van der Waals surface area contributed by atoms with Crippen LogP contribution in [0.15, 0.2) is 36.4 Å². The summed E-state index contributed by atoms with van der Waals surface area (Å²) in [5.74, 6) is 0.203. The highest BCUT2D eigenvalue weighted by Crippen LogP contribution is 2.31. The van der Waals surface area contributed by atoms with Crippen molar-refractivity contribution in [1.82, 2.24) is 9.88 Å². The van der Waals surface area contributed by atoms with Crippen molar-refractivity contribution in [2.45, 2.75) is 20.3 Å². The highest BCUT2D eigenvalue weighted by molar-refractivity contribution is 7.22. The van der Waals surface area contributed by atoms with E-state index in [1.165, 1.54) is 11.1 Å². The van der Waals surface area contributed by atoms with Crippen molar-refractivity contribution in [1.29, 1.82) is 0 Å². The van der Waals surface area contributed by atoms with E-state index in [4.69, 9.17) is 16.6 Å². The molecule has 2 heterocycles. The van der Waals surface area contributed by atoms with Crippen LogP contribution in [0.5, 0.6) is 0 Å². The van der Waals surface area contributed by atoms with Crippen molar-refractivity contribution in [3.05, 3.63) is 58.1 Å². The third-order valence-electron chi connectivity index (χ3n) is 5.17. The van der Waals surface area contributed by atoms with Gasteiger partial charge in [-0.1, -0.05) is 41.1 Å². The minimum Gasteiger partial charge on any atom is -0.345 e. The number of fused-ring (bicyclic) bond motifs is 1. The van der Waals surface area contributed by atoms with Gasteiger partial charge in [-0.05, 0) is 48.7 Å². The molecule has 1 fully saturated rings. The van der Waals surface area contributed by atoms with E-state index in [1.54, 1.807) is 11.3 Å². The molecule has 1 aliphatic rings. The molecule has 0 bridgehead atoms. The molecule has 4 rings (SSSR count). The smallest absolute Gasteiger partial charge is 0.227 e. The molecule has 0 spiro atoms. The molecule has 140 valence electrons. The minimum atomic E-state index is 0.203. The molecule has 2 aromatic carbocycles. The van der Waals surface area contributed by atoms with Crippen molar-refractivity contribution in [2.75, 3.05) is 31.1 Å². The molecule has 1 amide bonds. The number of thiazole rings is 1. The number of carbonyl (C=O) groups excluding carboxylic acids is 1. The summed E-state index contributed by atoms with van der Waals surface area (Å²) in [6.45, 7) is 7.28. The summed E-state index contributed by atoms with van der Waals surface area (Å²) in [6, 6.07) is 12.1. The number of amides is 1. The van der Waals surface area contributed by atoms with Crippen LogP contribution in [0.1, 0.15) is 16.7 Å². The molecule has 0 saturated carbocycles. The van der Waals surface area contributed by atoms with Crippen LogP contribution < -0.4 is 4.90 Å². The van der Waals surface area contributed by atoms with E-state index in [0.29, 0.717) is 6.42 Å². The van der Waals surface area contributed by atoms with Gasteiger partial charge in [0.05, 0.1) is 16.6 Å². The maximum absolute atomic E-state index is 12.7. The number of aryl methyl sites for hydroxylation is 2. The molecule has 1 aromatic heterocycles. The Balaban J connectivity index is 1.38. The van der Waals surface area contributed by atoms with Crippen LogP contribution in [0, 0.1) is 13.8 Å². The topological polar surface area (TPSA) is 36.4 Å². The number of rotatable bonds is 3. The second-order valence-electron chi connectivity index (χ2n) is 7.07. The zero-order chi connectivity index (χ0) is 19.0. The summed E-state index contributed by atoms with van der Waals surface area (Å²) < 4.78 is 1.10. The molecular weight excluding hydrogens is 378 g/mol. The highest BCUT2D eigenvalue weighted by Gasteiger charge is 2.23. The lowest BCUT2D eigenvalue weighted by molar-refractivity contribution is -0.130. The first-order valence-electron chi connectivity index (χ1n) is 9.14. The number of nitrogens with zero attached hydrogens (tertiary/aromatic N) is 3. The maximum atomic E-state index is 12.7. The molecule has 0 radical (unpaired) electrons. The largest absolute Gasteiger partial charge is 0.345 e. The van der Waals surface area contributed by atoms with E-state index in [0.717, 1.165) is 52.1 Å². The fourth-order valence-electron chi connectivity index (χ4n) is 3.37. The van der Waals surface area contributed by atoms with Crippen molar-refractivity contribution in [3.63, 3.8) is 0 Å². The third kappa shape index (κ3) is 3.94. The molecular formula is C21H22ClN3OS. The summed E-state index contributed by atoms with van der Waals surface area (Å²) in [6.07, 6.45) is 0.473. The van der Waals surface area contributed by atoms with Gasteiger partial charge >= 0.3 is 0 Å². The van der Waals surface area contributed by atoms with Crippen LogP contribution in [0.3, 0.4) is 0 Å². The van der Waals surface area contributed by atoms with E-state index < -0.39 is 0 Å². The Labute approximate surface area is 168 Å². The van der Waals surface area contributed by atoms with Gasteiger partial charge in [-0.2, -0.15) is 0 Å². The first-order valence-corrected chi connectivity index (χ1v) is 10.3. The van der Waals surface area contributed by atoms with Crippen LogP contribution in [0.4, 0.5) is 5.13 Å². The Morgan fingerprint density at radius 2 is 1.85 bits per heavy atom. The Hall–Kier alpha value is -2.11. The zero-order valence-electron chi connectivity index (χ0n) is 15.5. The van der Waals surface area contributed by atoms with Gasteiger partial charge < -0.3 is 9.80 Å². The number of halogens is 1. The Morgan fingerprint density at radius 3 is 2.59 bits per heavy atom. The predicted molar refractivity (Wildman–Crippen MR) is 113 cm³/mol. The standard InChI is InChI=1S/C21H22ClN3OS/c1-14-3-4-16(11-15(14)2)12-20(26)24-7-9-25(10-8-24)21-23-18-6-5-17(22)13-19(18)27-21/h3-6,11,13H,7-10,12H2,1-2H3. The predicted octanol–water partition coefficient (Wildman–Crippen LogP) is 4.46. The maximum Gasteiger partial charge on any atom is 0.227 e. The number of piperazine rings is 1. The molecule has 0 unspecified atom stereocenters. The van der Waals surface area contributed by atoms with Gasteiger partial charge in [0.15, 0.2) is 5.13 Å². The van der Waals surface area contributed by atoms with Crippen LogP contribution in [-0.4, -0.2) is 42.0 Å². The molecule has 0 aliphatic carbocycles. The minimum absolute atomic E-state index is 0.203. The average molecular weight is 400 g/mol. The summed E-state index contributed by atoms with van der Waals surface area (Å²) in [4.78, 5) is 21.6. The van der Waals surface area contributed by atoms with Crippen LogP contribution in [0.25, 0.3) is 10.2 Å². The van der Waals surface area contributed by atoms with Gasteiger partial charge in [-0.15, -0.1) is 0 Å². The molecule has 1 aliphatic heterocycles. The van der Waals surface area contributed by atoms with Gasteiger partial charge in [-0.25, -0.2) is 4.98 Å². The third-order valence-corrected chi connectivity index (χ3v) is 6.48. The molecule has 6 heteroatoms. The van der Waals surface area contributed by atoms with E-state index in [9.17, 15) is 4.79 Å². The van der Waals surface area contributed by atoms with Crippen LogP contribution >= 0.6 is 22.9 Å². The zero-order valence-corrected chi connectivity index (χ0v) is 17.1. The summed E-state index contributed by atoms with van der Waals surface area (Å²) in [5, 5.41) is 1.74. The number of hydrogen-bond acceptors (Lipinski definition) is 4. The molecule has 27 heavy (non-hydrogen) atoms. The van der Waals surface area contributed by atoms with Crippen molar-refractivity contribution in [3.8, 4) is 0 Å². The van der Waals surface area contributed by atoms with E-state index >= 15 is 0 Å². The van der Waals surface area contributed by atoms with Gasteiger partial charge in [0.25, 0.3) is 0 Å². The summed E-state index contributed by atoms with van der Waals surface area (Å²) in [5.41, 5.74) is 4.57. The second-order valence-corrected chi connectivity index (χ2v) is 8.52. The van der Waals surface area contributed by atoms with E-state index in [2.05, 4.69) is 36.9 Å². The van der Waals surface area contributed by atoms with Gasteiger partial charge in [0.2, 0.25) is 5.91 Å². The number of aromatic nitrogens is 1. The average Bonchev–Trinajstić information content (AvgIpc) is 3.08. The van der Waals surface area contributed by atoms with Crippen molar-refractivity contribution >= 4 is 44.2 Å². The number of hydrogen-bond donors (Lipinski definition) is 0. The molecule has 3 aromatic rings. The number of anilines is 1. The Bertz CT molecular complexity index is 992. The fraction of sp³-hybridized carbons (Fsp3) is 0.333. The van der Waals surface area contributed by atoms with E-state index in [1.807, 2.05) is 23.1 Å². The van der Waals surface area contributed by atoms with Gasteiger partial charge in [0, 0.05) is 31.2 Å². The summed E-state index contributed by atoms with van der Waals surface area (Å²) >= 11 is 7.73. The summed E-state index contributed by atoms with van der Waals surface area (Å²) in [7, 11) is 0. The van der Waals surface area contributed by atoms with Gasteiger partial charge in [0.1, 0.15) is 0 Å². The van der Waals surface area contributed by atoms with Crippen LogP contribution in [0.2, 0.25) is 5.02 Å². The molecule has 0 N–H and O–H groups in total. The first-order chi connectivity index (χ1) is 13.0. The molecule has 4 nitrogen and oxygen atoms in total. The van der Waals surface area contributed by atoms with E-state index in [-0.39, 0.29) is 5.91 Å². The van der Waals surface area contributed by atoms with Gasteiger partial charge in [-0.3, -0.25) is 4.79 Å². The molecule has 1 saturated heterocycles. The Kier molecular flexibility index (Phi) is 5.06. The number of benzene rings is 2. The lowest BCUT2D eigenvalue weighted by Crippen LogP contribution is -2.49. The second kappa shape index (κ2) is 7.49. The fourth-order valence-corrected chi connectivity index (χ4v) is 4.66. The number of carbonyl (C=O) groups is 1. The molecule has 0 atom stereocenters. The van der Waals surface area contributed by atoms with Crippen molar-refractivity contribution in [2.24, 2.45) is 0 Å². The quantitative estimate of drug-likeness (QED) is 0.652. The van der Waals surface area contributed by atoms with Crippen molar-refractivity contribution < 1.29 is 4.79 Å². The first kappa shape index (κ1) is 18.3. The Morgan fingerprint density at radius 1 is 1.07 bits per heavy atom. The SMILES string of the molecule is Cc1ccc(CC(=O)N2CCN(c3nc4ccc(Cl)cc4s3)CC2)cc1C. The highest BCUT2D eigenvalue weighted by atomic mass is 35.5. The normalized spacial score (nSPS) is 14.8.